The van der Waals surface area contributed by atoms with Crippen molar-refractivity contribution in [2.75, 3.05) is 38.3 Å². The van der Waals surface area contributed by atoms with E-state index in [4.69, 9.17) is 4.74 Å². The number of guanidine groups is 1. The molecule has 0 saturated heterocycles. The zero-order valence-corrected chi connectivity index (χ0v) is 16.3. The summed E-state index contributed by atoms with van der Waals surface area (Å²) < 4.78 is 5.96. The van der Waals surface area contributed by atoms with Crippen molar-refractivity contribution in [1.29, 1.82) is 0 Å². The number of aryl methyl sites for hydroxylation is 1. The summed E-state index contributed by atoms with van der Waals surface area (Å²) in [7, 11) is 1.76. The molecule has 1 amide bonds. The summed E-state index contributed by atoms with van der Waals surface area (Å²) in [5, 5.41) is 9.45. The van der Waals surface area contributed by atoms with Crippen LogP contribution in [0, 0.1) is 0 Å². The van der Waals surface area contributed by atoms with Gasteiger partial charge in [-0.2, -0.15) is 11.8 Å². The second kappa shape index (κ2) is 8.99. The van der Waals surface area contributed by atoms with Gasteiger partial charge in [0.1, 0.15) is 12.4 Å². The minimum atomic E-state index is 0.0777. The van der Waals surface area contributed by atoms with E-state index in [-0.39, 0.29) is 10.7 Å². The Kier molecular flexibility index (Phi) is 6.99. The number of benzene rings is 1. The van der Waals surface area contributed by atoms with E-state index in [0.717, 1.165) is 35.9 Å². The van der Waals surface area contributed by atoms with Gasteiger partial charge in [0, 0.05) is 30.4 Å². The van der Waals surface area contributed by atoms with Crippen LogP contribution >= 0.6 is 11.8 Å². The van der Waals surface area contributed by atoms with Gasteiger partial charge in [-0.15, -0.1) is 0 Å². The van der Waals surface area contributed by atoms with Crippen molar-refractivity contribution in [2.24, 2.45) is 4.99 Å². The van der Waals surface area contributed by atoms with E-state index < -0.39 is 0 Å². The van der Waals surface area contributed by atoms with Gasteiger partial charge in [0.05, 0.1) is 6.54 Å². The third-order valence-electron chi connectivity index (χ3n) is 4.09. The Labute approximate surface area is 154 Å². The smallest absolute Gasteiger partial charge is 0.224 e. The van der Waals surface area contributed by atoms with Crippen molar-refractivity contribution < 1.29 is 9.53 Å². The van der Waals surface area contributed by atoms with Crippen LogP contribution in [-0.2, 0) is 11.2 Å². The van der Waals surface area contributed by atoms with E-state index in [2.05, 4.69) is 41.0 Å². The number of fused-ring (bicyclic) bond motifs is 1. The molecule has 2 rings (SSSR count). The standard InChI is InChI=1S/C18H28N4O2S/c1-18(2,25-4)12-21-17(19-3)20-9-10-24-14-6-7-15-13(11-14)5-8-16(23)22-15/h6-7,11H,5,8-10,12H2,1-4H3,(H,22,23)(H2,19,20,21). The molecule has 0 unspecified atom stereocenters. The first-order valence-electron chi connectivity index (χ1n) is 8.49. The normalized spacial score (nSPS) is 14.6. The van der Waals surface area contributed by atoms with Gasteiger partial charge in [-0.25, -0.2) is 0 Å². The van der Waals surface area contributed by atoms with Gasteiger partial charge in [-0.1, -0.05) is 0 Å². The van der Waals surface area contributed by atoms with Crippen LogP contribution in [0.15, 0.2) is 23.2 Å². The lowest BCUT2D eigenvalue weighted by Gasteiger charge is -2.23. The number of nitrogens with zero attached hydrogens (tertiary/aromatic N) is 1. The van der Waals surface area contributed by atoms with Gasteiger partial charge in [-0.3, -0.25) is 9.79 Å². The first kappa shape index (κ1) is 19.4. The lowest BCUT2D eigenvalue weighted by molar-refractivity contribution is -0.116. The number of carbonyl (C=O) groups is 1. The molecule has 0 saturated carbocycles. The van der Waals surface area contributed by atoms with E-state index in [9.17, 15) is 4.79 Å². The Balaban J connectivity index is 1.74. The largest absolute Gasteiger partial charge is 0.492 e. The molecule has 0 spiro atoms. The summed E-state index contributed by atoms with van der Waals surface area (Å²) in [5.41, 5.74) is 2.02. The van der Waals surface area contributed by atoms with Crippen LogP contribution in [0.5, 0.6) is 5.75 Å². The van der Waals surface area contributed by atoms with Crippen molar-refractivity contribution in [1.82, 2.24) is 10.6 Å². The molecule has 25 heavy (non-hydrogen) atoms. The number of hydrogen-bond donors (Lipinski definition) is 3. The van der Waals surface area contributed by atoms with Crippen LogP contribution in [-0.4, -0.2) is 49.6 Å². The maximum Gasteiger partial charge on any atom is 0.224 e. The van der Waals surface area contributed by atoms with Crippen molar-refractivity contribution in [3.8, 4) is 5.75 Å². The fourth-order valence-corrected chi connectivity index (χ4v) is 2.59. The Morgan fingerprint density at radius 3 is 2.88 bits per heavy atom. The highest BCUT2D eigenvalue weighted by Crippen LogP contribution is 2.26. The number of amides is 1. The van der Waals surface area contributed by atoms with Crippen LogP contribution in [0.1, 0.15) is 25.8 Å². The molecule has 6 nitrogen and oxygen atoms in total. The molecule has 3 N–H and O–H groups in total. The first-order valence-corrected chi connectivity index (χ1v) is 9.71. The lowest BCUT2D eigenvalue weighted by Crippen LogP contribution is -2.44. The molecule has 0 aromatic heterocycles. The minimum Gasteiger partial charge on any atom is -0.492 e. The summed E-state index contributed by atoms with van der Waals surface area (Å²) >= 11 is 1.82. The Bertz CT molecular complexity index is 632. The Morgan fingerprint density at radius 1 is 1.36 bits per heavy atom. The summed E-state index contributed by atoms with van der Waals surface area (Å²) in [6.07, 6.45) is 3.40. The number of nitrogens with one attached hydrogen (secondary N) is 3. The van der Waals surface area contributed by atoms with Gasteiger partial charge in [0.15, 0.2) is 5.96 Å². The van der Waals surface area contributed by atoms with Crippen LogP contribution in [0.25, 0.3) is 0 Å². The molecular weight excluding hydrogens is 336 g/mol. The number of aliphatic imine (C=N–C) groups is 1. The van der Waals surface area contributed by atoms with Crippen LogP contribution in [0.2, 0.25) is 0 Å². The number of carbonyl (C=O) groups excluding carboxylic acids is 1. The van der Waals surface area contributed by atoms with Crippen molar-refractivity contribution >= 4 is 29.3 Å². The average Bonchev–Trinajstić information content (AvgIpc) is 2.61. The van der Waals surface area contributed by atoms with Gasteiger partial charge < -0.3 is 20.7 Å². The van der Waals surface area contributed by atoms with E-state index in [0.29, 0.717) is 19.6 Å². The number of ether oxygens (including phenoxy) is 1. The first-order chi connectivity index (χ1) is 11.9. The Hall–Kier alpha value is -1.89. The second-order valence-electron chi connectivity index (χ2n) is 6.53. The second-order valence-corrected chi connectivity index (χ2v) is 8.05. The maximum absolute atomic E-state index is 11.4. The predicted octanol–water partition coefficient (Wildman–Crippen LogP) is 2.26. The van der Waals surface area contributed by atoms with E-state index in [1.54, 1.807) is 7.05 Å². The molecule has 0 aliphatic carbocycles. The van der Waals surface area contributed by atoms with Crippen molar-refractivity contribution in [2.45, 2.75) is 31.4 Å². The molecule has 0 atom stereocenters. The summed E-state index contributed by atoms with van der Waals surface area (Å²) in [4.78, 5) is 15.6. The zero-order valence-electron chi connectivity index (χ0n) is 15.4. The predicted molar refractivity (Wildman–Crippen MR) is 106 cm³/mol. The number of hydrogen-bond acceptors (Lipinski definition) is 4. The summed E-state index contributed by atoms with van der Waals surface area (Å²) in [5.74, 6) is 1.68. The van der Waals surface area contributed by atoms with E-state index in [1.165, 1.54) is 0 Å². The van der Waals surface area contributed by atoms with Crippen molar-refractivity contribution in [3.05, 3.63) is 23.8 Å². The van der Waals surface area contributed by atoms with Crippen LogP contribution in [0.3, 0.4) is 0 Å². The third-order valence-corrected chi connectivity index (χ3v) is 5.34. The fourth-order valence-electron chi connectivity index (χ4n) is 2.38. The summed E-state index contributed by atoms with van der Waals surface area (Å²) in [6.45, 7) is 6.43. The van der Waals surface area contributed by atoms with Gasteiger partial charge in [-0.05, 0) is 50.3 Å². The molecule has 1 aromatic rings. The molecule has 1 aliphatic heterocycles. The molecule has 0 bridgehead atoms. The minimum absolute atomic E-state index is 0.0777. The third kappa shape index (κ3) is 6.16. The highest BCUT2D eigenvalue weighted by atomic mass is 32.2. The van der Waals surface area contributed by atoms with Crippen LogP contribution < -0.4 is 20.7 Å². The van der Waals surface area contributed by atoms with E-state index >= 15 is 0 Å². The average molecular weight is 365 g/mol. The van der Waals surface area contributed by atoms with Gasteiger partial charge in [0.2, 0.25) is 5.91 Å². The van der Waals surface area contributed by atoms with Crippen LogP contribution in [0.4, 0.5) is 5.69 Å². The fraction of sp³-hybridized carbons (Fsp3) is 0.556. The van der Waals surface area contributed by atoms with Gasteiger partial charge in [0.25, 0.3) is 0 Å². The SMILES string of the molecule is CN=C(NCCOc1ccc2c(c1)CCC(=O)N2)NCC(C)(C)SC. The Morgan fingerprint density at radius 2 is 2.16 bits per heavy atom. The molecule has 7 heteroatoms. The molecular formula is C18H28N4O2S. The number of rotatable bonds is 7. The molecule has 1 aromatic carbocycles. The maximum atomic E-state index is 11.4. The number of thioether (sulfide) groups is 1. The number of anilines is 1. The highest BCUT2D eigenvalue weighted by Gasteiger charge is 2.16. The molecule has 0 fully saturated rings. The monoisotopic (exact) mass is 364 g/mol. The molecule has 0 radical (unpaired) electrons. The summed E-state index contributed by atoms with van der Waals surface area (Å²) in [6, 6.07) is 5.79. The molecule has 1 heterocycles. The quantitative estimate of drug-likeness (QED) is 0.393. The van der Waals surface area contributed by atoms with Crippen molar-refractivity contribution in [3.63, 3.8) is 0 Å². The highest BCUT2D eigenvalue weighted by molar-refractivity contribution is 7.99. The molecule has 138 valence electrons. The lowest BCUT2D eigenvalue weighted by atomic mass is 10.0. The van der Waals surface area contributed by atoms with E-state index in [1.807, 2.05) is 30.0 Å². The van der Waals surface area contributed by atoms with Gasteiger partial charge >= 0.3 is 0 Å². The topological polar surface area (TPSA) is 74.8 Å². The zero-order chi connectivity index (χ0) is 18.3. The molecule has 1 aliphatic rings.